The average Bonchev–Trinajstić information content (AvgIpc) is 3.18. The summed E-state index contributed by atoms with van der Waals surface area (Å²) in [7, 11) is 1.73. The Hall–Kier alpha value is -2.97. The molecule has 0 saturated carbocycles. The van der Waals surface area contributed by atoms with Crippen LogP contribution in [0.2, 0.25) is 0 Å². The van der Waals surface area contributed by atoms with E-state index in [1.807, 2.05) is 70.2 Å². The fourth-order valence-corrected chi connectivity index (χ4v) is 6.85. The van der Waals surface area contributed by atoms with Gasteiger partial charge in [0.2, 0.25) is 11.8 Å². The molecule has 37 heavy (non-hydrogen) atoms. The van der Waals surface area contributed by atoms with Crippen molar-refractivity contribution in [1.29, 1.82) is 0 Å². The lowest BCUT2D eigenvalue weighted by Gasteiger charge is -2.40. The maximum Gasteiger partial charge on any atom is 0.253 e. The van der Waals surface area contributed by atoms with Crippen LogP contribution in [-0.2, 0) is 19.1 Å². The maximum absolute atomic E-state index is 14.5. The molecule has 0 bridgehead atoms. The number of likely N-dealkylation sites (tertiary alicyclic amines) is 1. The zero-order chi connectivity index (χ0) is 26.7. The van der Waals surface area contributed by atoms with Gasteiger partial charge in [-0.25, -0.2) is 0 Å². The Morgan fingerprint density at radius 1 is 1.03 bits per heavy atom. The molecule has 4 aliphatic heterocycles. The highest BCUT2D eigenvalue weighted by atomic mass is 16.5. The van der Waals surface area contributed by atoms with Crippen LogP contribution in [-0.4, -0.2) is 82.7 Å². The molecule has 8 nitrogen and oxygen atoms in total. The fourth-order valence-electron chi connectivity index (χ4n) is 6.85. The molecule has 0 radical (unpaired) electrons. The number of anilines is 1. The molecule has 3 amide bonds. The van der Waals surface area contributed by atoms with Crippen molar-refractivity contribution in [2.24, 2.45) is 11.8 Å². The van der Waals surface area contributed by atoms with Gasteiger partial charge in [-0.2, -0.15) is 0 Å². The minimum atomic E-state index is -1.32. The first-order chi connectivity index (χ1) is 17.7. The third-order valence-electron chi connectivity index (χ3n) is 8.81. The summed E-state index contributed by atoms with van der Waals surface area (Å²) in [5, 5.41) is 10.3. The lowest BCUT2D eigenvalue weighted by molar-refractivity contribution is -0.152. The summed E-state index contributed by atoms with van der Waals surface area (Å²) in [4.78, 5) is 47.5. The van der Waals surface area contributed by atoms with Crippen LogP contribution in [0.25, 0.3) is 0 Å². The Kier molecular flexibility index (Phi) is 6.31. The number of fused-ring (bicyclic) bond motifs is 2. The lowest BCUT2D eigenvalue weighted by atomic mass is 9.73. The SMILES string of the molecule is CC[C@@H](CO)N1C(=O)[C@@H]2[C@@H]3C(=O)N(C)CC=C[C@]3(CC)O[C@@]23C=CCN(c2cc(C)ccc2C)C(=O)C13. The molecule has 2 fully saturated rings. The predicted octanol–water partition coefficient (Wildman–Crippen LogP) is 2.37. The summed E-state index contributed by atoms with van der Waals surface area (Å²) in [5.41, 5.74) is 0.451. The Labute approximate surface area is 218 Å². The second-order valence-electron chi connectivity index (χ2n) is 10.9. The van der Waals surface area contributed by atoms with E-state index in [-0.39, 0.29) is 24.3 Å². The van der Waals surface area contributed by atoms with E-state index in [4.69, 9.17) is 4.74 Å². The quantitative estimate of drug-likeness (QED) is 0.618. The van der Waals surface area contributed by atoms with Crippen LogP contribution < -0.4 is 4.90 Å². The zero-order valence-corrected chi connectivity index (χ0v) is 22.3. The van der Waals surface area contributed by atoms with Crippen molar-refractivity contribution in [3.63, 3.8) is 0 Å². The van der Waals surface area contributed by atoms with Crippen LogP contribution >= 0.6 is 0 Å². The molecule has 8 heteroatoms. The van der Waals surface area contributed by atoms with E-state index in [2.05, 4.69) is 0 Å². The lowest BCUT2D eigenvalue weighted by Crippen LogP contribution is -2.59. The number of aliphatic hydroxyl groups is 1. The number of likely N-dealkylation sites (N-methyl/N-ethyl adjacent to an activating group) is 1. The smallest absolute Gasteiger partial charge is 0.253 e. The van der Waals surface area contributed by atoms with Crippen molar-refractivity contribution in [2.75, 3.05) is 31.6 Å². The molecule has 2 saturated heterocycles. The zero-order valence-electron chi connectivity index (χ0n) is 22.3. The highest BCUT2D eigenvalue weighted by molar-refractivity contribution is 6.06. The summed E-state index contributed by atoms with van der Waals surface area (Å²) < 4.78 is 6.93. The highest BCUT2D eigenvalue weighted by Crippen LogP contribution is 2.59. The summed E-state index contributed by atoms with van der Waals surface area (Å²) in [6.07, 6.45) is 8.57. The van der Waals surface area contributed by atoms with Gasteiger partial charge in [0, 0.05) is 25.8 Å². The number of carbonyl (C=O) groups excluding carboxylic acids is 3. The Bertz CT molecular complexity index is 1190. The molecule has 1 aromatic carbocycles. The number of ether oxygens (including phenoxy) is 1. The van der Waals surface area contributed by atoms with Crippen LogP contribution in [0.5, 0.6) is 0 Å². The first kappa shape index (κ1) is 25.7. The van der Waals surface area contributed by atoms with Gasteiger partial charge in [-0.1, -0.05) is 50.3 Å². The molecule has 198 valence electrons. The summed E-state index contributed by atoms with van der Waals surface area (Å²) in [6.45, 7) is 8.27. The van der Waals surface area contributed by atoms with E-state index < -0.39 is 35.1 Å². The van der Waals surface area contributed by atoms with Crippen molar-refractivity contribution in [3.05, 3.63) is 53.6 Å². The molecular weight excluding hydrogens is 470 g/mol. The second kappa shape index (κ2) is 9.10. The summed E-state index contributed by atoms with van der Waals surface area (Å²) >= 11 is 0. The number of nitrogens with zero attached hydrogens (tertiary/aromatic N) is 3. The van der Waals surface area contributed by atoms with E-state index in [0.717, 1.165) is 16.8 Å². The number of hydrogen-bond donors (Lipinski definition) is 1. The standard InChI is InChI=1S/C29H37N3O5/c1-6-20(17-33)32-24-27(36)31(21-16-18(3)10-11-19(21)4)15-9-13-29(24)23(26(32)35)22-25(34)30(5)14-8-12-28(22,7-2)37-29/h8-13,16,20,22-24,33H,6-7,14-15,17H2,1-5H3/t20-,22+,23-,24?,28-,29-/m0/s1. The first-order valence-corrected chi connectivity index (χ1v) is 13.3. The van der Waals surface area contributed by atoms with Crippen molar-refractivity contribution in [3.8, 4) is 0 Å². The van der Waals surface area contributed by atoms with Crippen LogP contribution in [0.4, 0.5) is 5.69 Å². The largest absolute Gasteiger partial charge is 0.394 e. The number of carbonyl (C=O) groups is 3. The number of rotatable bonds is 5. The summed E-state index contributed by atoms with van der Waals surface area (Å²) in [5.74, 6) is -2.34. The van der Waals surface area contributed by atoms with Crippen molar-refractivity contribution >= 4 is 23.4 Å². The van der Waals surface area contributed by atoms with E-state index in [0.29, 0.717) is 25.9 Å². The minimum Gasteiger partial charge on any atom is -0.394 e. The fraction of sp³-hybridized carbons (Fsp3) is 0.552. The van der Waals surface area contributed by atoms with Gasteiger partial charge in [-0.3, -0.25) is 14.4 Å². The van der Waals surface area contributed by atoms with E-state index >= 15 is 0 Å². The van der Waals surface area contributed by atoms with Gasteiger partial charge >= 0.3 is 0 Å². The molecule has 1 unspecified atom stereocenters. The van der Waals surface area contributed by atoms with E-state index in [1.165, 1.54) is 4.90 Å². The molecule has 4 heterocycles. The number of amides is 3. The Morgan fingerprint density at radius 2 is 1.76 bits per heavy atom. The summed E-state index contributed by atoms with van der Waals surface area (Å²) in [6, 6.07) is 4.41. The molecule has 1 spiro atoms. The van der Waals surface area contributed by atoms with Crippen LogP contribution in [0.15, 0.2) is 42.5 Å². The van der Waals surface area contributed by atoms with Gasteiger partial charge in [0.1, 0.15) is 11.6 Å². The monoisotopic (exact) mass is 507 g/mol. The van der Waals surface area contributed by atoms with Crippen molar-refractivity contribution < 1.29 is 24.2 Å². The van der Waals surface area contributed by atoms with Crippen LogP contribution in [0, 0.1) is 25.7 Å². The Balaban J connectivity index is 1.72. The van der Waals surface area contributed by atoms with Gasteiger partial charge < -0.3 is 24.5 Å². The van der Waals surface area contributed by atoms with Gasteiger partial charge in [0.15, 0.2) is 0 Å². The van der Waals surface area contributed by atoms with Crippen LogP contribution in [0.1, 0.15) is 37.8 Å². The predicted molar refractivity (Wildman–Crippen MR) is 140 cm³/mol. The second-order valence-corrected chi connectivity index (χ2v) is 10.9. The van der Waals surface area contributed by atoms with Gasteiger partial charge in [0.05, 0.1) is 30.1 Å². The highest BCUT2D eigenvalue weighted by Gasteiger charge is 2.75. The van der Waals surface area contributed by atoms with Crippen molar-refractivity contribution in [1.82, 2.24) is 9.80 Å². The molecule has 0 aromatic heterocycles. The van der Waals surface area contributed by atoms with Gasteiger partial charge in [0.25, 0.3) is 5.91 Å². The molecule has 1 aromatic rings. The average molecular weight is 508 g/mol. The molecular formula is C29H37N3O5. The number of benzene rings is 1. The maximum atomic E-state index is 14.5. The van der Waals surface area contributed by atoms with Crippen LogP contribution in [0.3, 0.4) is 0 Å². The molecule has 0 aliphatic carbocycles. The topological polar surface area (TPSA) is 90.4 Å². The normalized spacial score (nSPS) is 33.8. The van der Waals surface area contributed by atoms with E-state index in [1.54, 1.807) is 16.8 Å². The number of aliphatic hydroxyl groups excluding tert-OH is 1. The Morgan fingerprint density at radius 3 is 2.43 bits per heavy atom. The third-order valence-corrected chi connectivity index (χ3v) is 8.81. The molecule has 4 aliphatic rings. The molecule has 6 atom stereocenters. The number of hydrogen-bond acceptors (Lipinski definition) is 5. The minimum absolute atomic E-state index is 0.156. The van der Waals surface area contributed by atoms with Crippen molar-refractivity contribution in [2.45, 2.75) is 63.8 Å². The molecule has 1 N–H and O–H groups in total. The third kappa shape index (κ3) is 3.52. The number of aryl methyl sites for hydroxylation is 2. The first-order valence-electron chi connectivity index (χ1n) is 13.3. The molecule has 5 rings (SSSR count). The van der Waals surface area contributed by atoms with E-state index in [9.17, 15) is 19.5 Å². The van der Waals surface area contributed by atoms with Gasteiger partial charge in [-0.15, -0.1) is 0 Å². The van der Waals surface area contributed by atoms with Gasteiger partial charge in [-0.05, 0) is 43.9 Å².